The third kappa shape index (κ3) is 5.09. The quantitative estimate of drug-likeness (QED) is 0.411. The van der Waals surface area contributed by atoms with Crippen LogP contribution in [0.15, 0.2) is 59.4 Å². The minimum absolute atomic E-state index is 0.0226. The molecule has 0 bridgehead atoms. The lowest BCUT2D eigenvalue weighted by Gasteiger charge is -2.32. The lowest BCUT2D eigenvalue weighted by atomic mass is 10.0. The van der Waals surface area contributed by atoms with Crippen molar-refractivity contribution < 1.29 is 0 Å². The summed E-state index contributed by atoms with van der Waals surface area (Å²) in [4.78, 5) is 18.5. The monoisotopic (exact) mass is 458 g/mol. The summed E-state index contributed by atoms with van der Waals surface area (Å²) in [5.41, 5.74) is 3.70. The van der Waals surface area contributed by atoms with E-state index >= 15 is 0 Å². The molecule has 1 atom stereocenters. The molecule has 0 fully saturated rings. The van der Waals surface area contributed by atoms with Gasteiger partial charge in [-0.3, -0.25) is 9.69 Å². The summed E-state index contributed by atoms with van der Waals surface area (Å²) in [6, 6.07) is 18.5. The summed E-state index contributed by atoms with van der Waals surface area (Å²) in [5, 5.41) is 13.8. The zero-order valence-corrected chi connectivity index (χ0v) is 20.7. The van der Waals surface area contributed by atoms with Gasteiger partial charge < -0.3 is 4.98 Å². The topological polar surface area (TPSA) is 79.7 Å². The number of pyridine rings is 1. The van der Waals surface area contributed by atoms with Crippen LogP contribution < -0.4 is 5.56 Å². The fourth-order valence-electron chi connectivity index (χ4n) is 4.51. The van der Waals surface area contributed by atoms with Crippen LogP contribution in [0.2, 0.25) is 0 Å². The number of hydrogen-bond acceptors (Lipinski definition) is 5. The lowest BCUT2D eigenvalue weighted by molar-refractivity contribution is 0.163. The largest absolute Gasteiger partial charge is 0.321 e. The number of rotatable bonds is 8. The van der Waals surface area contributed by atoms with Gasteiger partial charge in [-0.2, -0.15) is 0 Å². The number of H-pyrrole nitrogens is 1. The Morgan fingerprint density at radius 3 is 2.56 bits per heavy atom. The molecule has 0 aliphatic carbocycles. The molecule has 7 heteroatoms. The first kappa shape index (κ1) is 23.8. The number of tetrazole rings is 1. The van der Waals surface area contributed by atoms with E-state index in [0.29, 0.717) is 6.54 Å². The number of hydrogen-bond donors (Lipinski definition) is 1. The molecule has 7 nitrogen and oxygen atoms in total. The number of para-hydroxylation sites is 1. The van der Waals surface area contributed by atoms with Gasteiger partial charge >= 0.3 is 0 Å². The molecule has 178 valence electrons. The van der Waals surface area contributed by atoms with Crippen LogP contribution in [0.5, 0.6) is 0 Å². The molecule has 2 heterocycles. The summed E-state index contributed by atoms with van der Waals surface area (Å²) in [7, 11) is 0. The molecular formula is C27H34N6O. The number of aromatic nitrogens is 5. The first-order chi connectivity index (χ1) is 16.3. The van der Waals surface area contributed by atoms with Gasteiger partial charge in [0.05, 0.1) is 17.1 Å². The van der Waals surface area contributed by atoms with Gasteiger partial charge in [-0.25, -0.2) is 4.68 Å². The van der Waals surface area contributed by atoms with Crippen molar-refractivity contribution >= 4 is 10.9 Å². The molecule has 0 amide bonds. The third-order valence-electron chi connectivity index (χ3n) is 6.32. The van der Waals surface area contributed by atoms with E-state index in [2.05, 4.69) is 77.4 Å². The molecule has 1 N–H and O–H groups in total. The Morgan fingerprint density at radius 2 is 1.85 bits per heavy atom. The van der Waals surface area contributed by atoms with Crippen LogP contribution in [-0.4, -0.2) is 36.6 Å². The molecule has 4 rings (SSSR count). The minimum Gasteiger partial charge on any atom is -0.321 e. The Bertz CT molecular complexity index is 1300. The molecule has 0 saturated carbocycles. The summed E-state index contributed by atoms with van der Waals surface area (Å²) < 4.78 is 1.91. The first-order valence-electron chi connectivity index (χ1n) is 12.0. The fraction of sp³-hybridized carbons (Fsp3) is 0.407. The molecular weight excluding hydrogens is 424 g/mol. The molecule has 4 aromatic rings. The van der Waals surface area contributed by atoms with E-state index < -0.39 is 0 Å². The van der Waals surface area contributed by atoms with Crippen molar-refractivity contribution in [3.05, 3.63) is 87.5 Å². The van der Waals surface area contributed by atoms with Crippen LogP contribution in [0.25, 0.3) is 10.9 Å². The number of aryl methyl sites for hydroxylation is 1. The molecule has 0 aliphatic rings. The fourth-order valence-corrected chi connectivity index (χ4v) is 4.51. The van der Waals surface area contributed by atoms with Crippen molar-refractivity contribution in [2.45, 2.75) is 65.6 Å². The highest BCUT2D eigenvalue weighted by Crippen LogP contribution is 2.28. The number of nitrogens with zero attached hydrogens (tertiary/aromatic N) is 5. The van der Waals surface area contributed by atoms with Crippen LogP contribution in [0, 0.1) is 6.92 Å². The highest BCUT2D eigenvalue weighted by atomic mass is 16.1. The SMILES string of the molecule is CC[C@H](c1nnnn1C(C)(C)C)N(CCc1ccccc1)Cc1cc2cccc(C)c2[nH]c1=O. The van der Waals surface area contributed by atoms with Crippen LogP contribution in [-0.2, 0) is 18.5 Å². The summed E-state index contributed by atoms with van der Waals surface area (Å²) in [6.45, 7) is 11.8. The zero-order chi connectivity index (χ0) is 24.3. The highest BCUT2D eigenvalue weighted by molar-refractivity contribution is 5.81. The van der Waals surface area contributed by atoms with Gasteiger partial charge in [0.15, 0.2) is 5.82 Å². The van der Waals surface area contributed by atoms with Crippen molar-refractivity contribution in [3.8, 4) is 0 Å². The molecule has 0 unspecified atom stereocenters. The Labute approximate surface area is 200 Å². The molecule has 0 spiro atoms. The maximum atomic E-state index is 13.1. The van der Waals surface area contributed by atoms with Crippen molar-refractivity contribution in [2.75, 3.05) is 6.54 Å². The average Bonchev–Trinajstić information content (AvgIpc) is 3.30. The standard InChI is InChI=1S/C27H34N6O/c1-6-23(25-29-30-31-33(25)27(3,4)5)32(16-15-20-12-8-7-9-13-20)18-22-17-21-14-10-11-19(2)24(21)28-26(22)34/h7-14,17,23H,6,15-16,18H2,1-5H3,(H,28,34)/t23-/m1/s1. The van der Waals surface area contributed by atoms with E-state index in [9.17, 15) is 4.79 Å². The van der Waals surface area contributed by atoms with Gasteiger partial charge in [0.25, 0.3) is 5.56 Å². The normalized spacial score (nSPS) is 13.0. The maximum Gasteiger partial charge on any atom is 0.252 e. The average molecular weight is 459 g/mol. The van der Waals surface area contributed by atoms with Crippen molar-refractivity contribution in [2.24, 2.45) is 0 Å². The highest BCUT2D eigenvalue weighted by Gasteiger charge is 2.29. The first-order valence-corrected chi connectivity index (χ1v) is 12.0. The van der Waals surface area contributed by atoms with E-state index in [0.717, 1.165) is 47.2 Å². The van der Waals surface area contributed by atoms with E-state index in [4.69, 9.17) is 0 Å². The van der Waals surface area contributed by atoms with Crippen LogP contribution in [0.3, 0.4) is 0 Å². The Hall–Kier alpha value is -3.32. The Balaban J connectivity index is 1.72. The van der Waals surface area contributed by atoms with E-state index in [1.807, 2.05) is 41.9 Å². The van der Waals surface area contributed by atoms with Crippen LogP contribution in [0.1, 0.15) is 62.7 Å². The molecule has 2 aromatic heterocycles. The number of fused-ring (bicyclic) bond motifs is 1. The second-order valence-corrected chi connectivity index (χ2v) is 9.91. The Kier molecular flexibility index (Phi) is 6.93. The van der Waals surface area contributed by atoms with Gasteiger partial charge in [0.2, 0.25) is 0 Å². The molecule has 2 aromatic carbocycles. The number of aromatic amines is 1. The molecule has 34 heavy (non-hydrogen) atoms. The van der Waals surface area contributed by atoms with Gasteiger partial charge in [-0.05, 0) is 73.5 Å². The van der Waals surface area contributed by atoms with Crippen molar-refractivity contribution in [1.82, 2.24) is 30.1 Å². The van der Waals surface area contributed by atoms with Gasteiger partial charge in [-0.15, -0.1) is 5.10 Å². The van der Waals surface area contributed by atoms with E-state index in [-0.39, 0.29) is 17.1 Å². The molecule has 0 aliphatic heterocycles. The number of nitrogens with one attached hydrogen (secondary N) is 1. The van der Waals surface area contributed by atoms with Gasteiger partial charge in [0, 0.05) is 18.7 Å². The smallest absolute Gasteiger partial charge is 0.252 e. The lowest BCUT2D eigenvalue weighted by Crippen LogP contribution is -2.36. The maximum absolute atomic E-state index is 13.1. The van der Waals surface area contributed by atoms with Crippen molar-refractivity contribution in [1.29, 1.82) is 0 Å². The summed E-state index contributed by atoms with van der Waals surface area (Å²) >= 11 is 0. The third-order valence-corrected chi connectivity index (χ3v) is 6.32. The van der Waals surface area contributed by atoms with E-state index in [1.54, 1.807) is 0 Å². The molecule has 0 saturated heterocycles. The predicted octanol–water partition coefficient (Wildman–Crippen LogP) is 4.77. The predicted molar refractivity (Wildman–Crippen MR) is 136 cm³/mol. The summed E-state index contributed by atoms with van der Waals surface area (Å²) in [5.74, 6) is 0.830. The minimum atomic E-state index is -0.241. The van der Waals surface area contributed by atoms with E-state index in [1.165, 1.54) is 5.56 Å². The van der Waals surface area contributed by atoms with Gasteiger partial charge in [0.1, 0.15) is 0 Å². The van der Waals surface area contributed by atoms with Crippen LogP contribution in [0.4, 0.5) is 0 Å². The zero-order valence-electron chi connectivity index (χ0n) is 20.7. The summed E-state index contributed by atoms with van der Waals surface area (Å²) in [6.07, 6.45) is 1.70. The Morgan fingerprint density at radius 1 is 1.09 bits per heavy atom. The second kappa shape index (κ2) is 9.89. The molecule has 0 radical (unpaired) electrons. The van der Waals surface area contributed by atoms with Crippen LogP contribution >= 0.6 is 0 Å². The van der Waals surface area contributed by atoms with Gasteiger partial charge in [-0.1, -0.05) is 55.5 Å². The number of benzene rings is 2. The van der Waals surface area contributed by atoms with Crippen molar-refractivity contribution in [3.63, 3.8) is 0 Å². The second-order valence-electron chi connectivity index (χ2n) is 9.91.